The van der Waals surface area contributed by atoms with Gasteiger partial charge in [-0.1, -0.05) is 6.08 Å². The van der Waals surface area contributed by atoms with E-state index in [4.69, 9.17) is 0 Å². The minimum atomic E-state index is -0.0532. The topological polar surface area (TPSA) is 29.4 Å². The smallest absolute Gasteiger partial charge is 0.249 e. The van der Waals surface area contributed by atoms with Gasteiger partial charge in [0.05, 0.1) is 0 Å². The number of hydrogen-bond acceptors (Lipinski definition) is 1. The molecule has 8 heavy (non-hydrogen) atoms. The molecular weight excluding hydrogens is 126 g/mol. The van der Waals surface area contributed by atoms with E-state index < -0.39 is 0 Å². The summed E-state index contributed by atoms with van der Waals surface area (Å²) in [4.78, 5) is 13.7. The highest BCUT2D eigenvalue weighted by Gasteiger charge is 1.93. The maximum Gasteiger partial charge on any atom is 0.249 e. The molecule has 44 valence electrons. The number of amides is 1. The summed E-state index contributed by atoms with van der Waals surface area (Å²) in [6.45, 7) is 0. The zero-order valence-electron chi connectivity index (χ0n) is 4.20. The normalized spacial score (nSPS) is 15.8. The van der Waals surface area contributed by atoms with E-state index in [1.54, 1.807) is 12.2 Å². The lowest BCUT2D eigenvalue weighted by molar-refractivity contribution is -0.117. The van der Waals surface area contributed by atoms with Crippen molar-refractivity contribution in [3.63, 3.8) is 0 Å². The summed E-state index contributed by atoms with van der Waals surface area (Å²) >= 11 is 0. The third kappa shape index (κ3) is 1.89. The lowest BCUT2D eigenvalue weighted by Crippen LogP contribution is -1.93. The largest absolute Gasteiger partial charge is 0.272 e. The number of rotatable bonds is 0. The van der Waals surface area contributed by atoms with Gasteiger partial charge in [-0.15, -0.1) is 12.4 Å². The van der Waals surface area contributed by atoms with Crippen LogP contribution >= 0.6 is 12.4 Å². The van der Waals surface area contributed by atoms with Crippen molar-refractivity contribution in [3.05, 3.63) is 12.2 Å². The molecule has 0 saturated carbocycles. The molecule has 1 heterocycles. The van der Waals surface area contributed by atoms with E-state index >= 15 is 0 Å². The van der Waals surface area contributed by atoms with E-state index in [1.807, 2.05) is 0 Å². The number of hydrogen-bond donors (Lipinski definition) is 0. The van der Waals surface area contributed by atoms with Gasteiger partial charge in [-0.2, -0.15) is 0 Å². The molecule has 1 rings (SSSR count). The number of aliphatic imine (C=N–C) groups is 1. The maximum absolute atomic E-state index is 10.2. The predicted octanol–water partition coefficient (Wildman–Crippen LogP) is 0.966. The van der Waals surface area contributed by atoms with E-state index in [9.17, 15) is 4.79 Å². The summed E-state index contributed by atoms with van der Waals surface area (Å²) in [5.74, 6) is -0.0532. The quantitative estimate of drug-likeness (QED) is 0.482. The fraction of sp³-hybridized carbons (Fsp3) is 0.200. The Balaban J connectivity index is 0.000000490. The van der Waals surface area contributed by atoms with Crippen LogP contribution in [0.15, 0.2) is 17.1 Å². The Hall–Kier alpha value is -0.630. The Bertz CT molecular complexity index is 139. The summed E-state index contributed by atoms with van der Waals surface area (Å²) < 4.78 is 0. The minimum Gasteiger partial charge on any atom is -0.272 e. The molecule has 0 atom stereocenters. The first-order valence-corrected chi connectivity index (χ1v) is 2.11. The Labute approximate surface area is 53.7 Å². The molecule has 0 aliphatic carbocycles. The highest BCUT2D eigenvalue weighted by Crippen LogP contribution is 1.90. The Kier molecular flexibility index (Phi) is 3.12. The molecule has 1 aliphatic heterocycles. The van der Waals surface area contributed by atoms with Gasteiger partial charge in [0.15, 0.2) is 0 Å². The minimum absolute atomic E-state index is 0. The third-order valence-electron chi connectivity index (χ3n) is 0.733. The van der Waals surface area contributed by atoms with Crippen LogP contribution in [0.1, 0.15) is 6.42 Å². The monoisotopic (exact) mass is 131 g/mol. The third-order valence-corrected chi connectivity index (χ3v) is 0.733. The highest BCUT2D eigenvalue weighted by molar-refractivity contribution is 5.92. The number of carbonyl (C=O) groups excluding carboxylic acids is 1. The van der Waals surface area contributed by atoms with E-state index in [0.717, 1.165) is 0 Å². The summed E-state index contributed by atoms with van der Waals surface area (Å²) in [6, 6.07) is 0. The Morgan fingerprint density at radius 2 is 2.38 bits per heavy atom. The van der Waals surface area contributed by atoms with Gasteiger partial charge in [0.1, 0.15) is 0 Å². The van der Waals surface area contributed by atoms with Gasteiger partial charge in [0, 0.05) is 12.6 Å². The molecule has 0 bridgehead atoms. The van der Waals surface area contributed by atoms with Crippen LogP contribution in [0, 0.1) is 0 Å². The molecule has 0 saturated heterocycles. The van der Waals surface area contributed by atoms with Gasteiger partial charge in [-0.05, 0) is 6.08 Å². The molecule has 3 heteroatoms. The SMILES string of the molecule is Cl.O=C1CC=CC=N1. The van der Waals surface area contributed by atoms with E-state index in [1.165, 1.54) is 6.21 Å². The van der Waals surface area contributed by atoms with Gasteiger partial charge in [0.25, 0.3) is 0 Å². The Morgan fingerprint density at radius 3 is 2.62 bits per heavy atom. The molecule has 0 unspecified atom stereocenters. The number of halogens is 1. The number of dihydropyridines is 1. The molecule has 0 spiro atoms. The maximum atomic E-state index is 10.2. The lowest BCUT2D eigenvalue weighted by atomic mass is 10.3. The molecule has 0 aromatic rings. The van der Waals surface area contributed by atoms with Crippen molar-refractivity contribution in [2.45, 2.75) is 6.42 Å². The molecule has 0 aromatic carbocycles. The fourth-order valence-corrected chi connectivity index (χ4v) is 0.409. The number of carbonyl (C=O) groups is 1. The van der Waals surface area contributed by atoms with Crippen LogP contribution in [0.3, 0.4) is 0 Å². The van der Waals surface area contributed by atoms with Crippen molar-refractivity contribution in [1.82, 2.24) is 0 Å². The second-order valence-corrected chi connectivity index (χ2v) is 1.30. The first-order valence-electron chi connectivity index (χ1n) is 2.11. The summed E-state index contributed by atoms with van der Waals surface area (Å²) in [5.41, 5.74) is 0. The van der Waals surface area contributed by atoms with Gasteiger partial charge >= 0.3 is 0 Å². The molecule has 2 nitrogen and oxygen atoms in total. The Morgan fingerprint density at radius 1 is 1.62 bits per heavy atom. The molecule has 1 aliphatic rings. The average molecular weight is 132 g/mol. The van der Waals surface area contributed by atoms with Crippen molar-refractivity contribution in [2.75, 3.05) is 0 Å². The van der Waals surface area contributed by atoms with E-state index in [2.05, 4.69) is 4.99 Å². The van der Waals surface area contributed by atoms with Crippen molar-refractivity contribution < 1.29 is 4.79 Å². The van der Waals surface area contributed by atoms with Crippen LogP contribution in [0.2, 0.25) is 0 Å². The predicted molar refractivity (Wildman–Crippen MR) is 34.5 cm³/mol. The molecule has 0 aromatic heterocycles. The molecule has 0 radical (unpaired) electrons. The summed E-state index contributed by atoms with van der Waals surface area (Å²) in [5, 5.41) is 0. The van der Waals surface area contributed by atoms with Crippen LogP contribution in [0.4, 0.5) is 0 Å². The average Bonchev–Trinajstić information content (AvgIpc) is 1.69. The fourth-order valence-electron chi connectivity index (χ4n) is 0.409. The van der Waals surface area contributed by atoms with Crippen LogP contribution in [0.25, 0.3) is 0 Å². The van der Waals surface area contributed by atoms with Gasteiger partial charge in [-0.3, -0.25) is 4.79 Å². The van der Waals surface area contributed by atoms with Crippen LogP contribution in [-0.2, 0) is 4.79 Å². The van der Waals surface area contributed by atoms with E-state index in [-0.39, 0.29) is 18.3 Å². The van der Waals surface area contributed by atoms with Crippen LogP contribution < -0.4 is 0 Å². The van der Waals surface area contributed by atoms with Crippen molar-refractivity contribution >= 4 is 24.5 Å². The van der Waals surface area contributed by atoms with Gasteiger partial charge in [-0.25, -0.2) is 4.99 Å². The van der Waals surface area contributed by atoms with Crippen molar-refractivity contribution in [2.24, 2.45) is 4.99 Å². The van der Waals surface area contributed by atoms with Crippen LogP contribution in [-0.4, -0.2) is 12.1 Å². The first-order chi connectivity index (χ1) is 3.39. The molecule has 1 amide bonds. The first kappa shape index (κ1) is 7.37. The summed E-state index contributed by atoms with van der Waals surface area (Å²) in [6.07, 6.45) is 5.53. The molecule has 0 N–H and O–H groups in total. The number of nitrogens with zero attached hydrogens (tertiary/aromatic N) is 1. The number of allylic oxidation sites excluding steroid dienone is 1. The molecule has 0 fully saturated rings. The summed E-state index contributed by atoms with van der Waals surface area (Å²) in [7, 11) is 0. The standard InChI is InChI=1S/C5H5NO.ClH/c7-5-3-1-2-4-6-5;/h1-2,4H,3H2;1H. The second-order valence-electron chi connectivity index (χ2n) is 1.30. The molecular formula is C5H6ClNO. The highest BCUT2D eigenvalue weighted by atomic mass is 35.5. The van der Waals surface area contributed by atoms with E-state index in [0.29, 0.717) is 6.42 Å². The van der Waals surface area contributed by atoms with Gasteiger partial charge in [0.2, 0.25) is 5.91 Å². The lowest BCUT2D eigenvalue weighted by Gasteiger charge is -1.88. The van der Waals surface area contributed by atoms with Crippen LogP contribution in [0.5, 0.6) is 0 Å². The van der Waals surface area contributed by atoms with Crippen molar-refractivity contribution in [1.29, 1.82) is 0 Å². The zero-order valence-corrected chi connectivity index (χ0v) is 5.02. The van der Waals surface area contributed by atoms with Gasteiger partial charge < -0.3 is 0 Å². The van der Waals surface area contributed by atoms with Crippen molar-refractivity contribution in [3.8, 4) is 0 Å². The second kappa shape index (κ2) is 3.38. The zero-order chi connectivity index (χ0) is 5.11.